The molecule has 0 aliphatic heterocycles. The fourth-order valence-electron chi connectivity index (χ4n) is 0.994. The molecule has 2 N–H and O–H groups in total. The number of hydrogen-bond donors (Lipinski definition) is 1. The lowest BCUT2D eigenvalue weighted by molar-refractivity contribution is 0.00619. The molecule has 0 saturated carbocycles. The van der Waals surface area contributed by atoms with Crippen LogP contribution in [0.4, 0.5) is 8.78 Å². The Labute approximate surface area is 94.7 Å². The molecule has 0 saturated heterocycles. The van der Waals surface area contributed by atoms with Crippen LogP contribution in [0.25, 0.3) is 0 Å². The molecule has 0 aliphatic rings. The minimum Gasteiger partial charge on any atom is -0.325 e. The fourth-order valence-corrected chi connectivity index (χ4v) is 2.09. The van der Waals surface area contributed by atoms with Gasteiger partial charge in [-0.2, -0.15) is 8.78 Å². The topological polar surface area (TPSA) is 26.0 Å². The van der Waals surface area contributed by atoms with Gasteiger partial charge in [0.05, 0.1) is 22.2 Å². The summed E-state index contributed by atoms with van der Waals surface area (Å²) in [5.74, 6) is -3.24. The lowest BCUT2D eigenvalue weighted by Crippen LogP contribution is -2.25. The maximum Gasteiger partial charge on any atom is 0.288 e. The SMILES string of the molecule is NCC(F)(F)c1c(Cl)cc(Cl)cc1Cl. The van der Waals surface area contributed by atoms with E-state index in [2.05, 4.69) is 0 Å². The Morgan fingerprint density at radius 3 is 1.93 bits per heavy atom. The fraction of sp³-hybridized carbons (Fsp3) is 0.250. The first-order valence-corrected chi connectivity index (χ1v) is 4.75. The van der Waals surface area contributed by atoms with Crippen molar-refractivity contribution in [2.75, 3.05) is 6.54 Å². The van der Waals surface area contributed by atoms with E-state index in [0.29, 0.717) is 0 Å². The van der Waals surface area contributed by atoms with Crippen LogP contribution in [-0.2, 0) is 5.92 Å². The number of halogens is 5. The summed E-state index contributed by atoms with van der Waals surface area (Å²) in [7, 11) is 0. The van der Waals surface area contributed by atoms with Crippen LogP contribution in [0.3, 0.4) is 0 Å². The zero-order valence-electron chi connectivity index (χ0n) is 6.83. The van der Waals surface area contributed by atoms with Gasteiger partial charge >= 0.3 is 0 Å². The Morgan fingerprint density at radius 1 is 1.14 bits per heavy atom. The molecular weight excluding hydrogens is 254 g/mol. The molecular formula is C8H6Cl3F2N. The standard InChI is InChI=1S/C8H6Cl3F2N/c9-4-1-5(10)7(6(11)2-4)8(12,13)3-14/h1-2H,3,14H2. The second-order valence-corrected chi connectivity index (χ2v) is 3.90. The Morgan fingerprint density at radius 2 is 1.57 bits per heavy atom. The normalized spacial score (nSPS) is 11.9. The molecule has 14 heavy (non-hydrogen) atoms. The van der Waals surface area contributed by atoms with Crippen LogP contribution in [0.2, 0.25) is 15.1 Å². The first kappa shape index (κ1) is 12.0. The molecule has 0 aromatic heterocycles. The van der Waals surface area contributed by atoms with Crippen molar-refractivity contribution in [2.45, 2.75) is 5.92 Å². The van der Waals surface area contributed by atoms with Gasteiger partial charge < -0.3 is 5.73 Å². The monoisotopic (exact) mass is 259 g/mol. The quantitative estimate of drug-likeness (QED) is 0.862. The van der Waals surface area contributed by atoms with Crippen molar-refractivity contribution < 1.29 is 8.78 Å². The maximum absolute atomic E-state index is 13.2. The highest BCUT2D eigenvalue weighted by Crippen LogP contribution is 2.39. The van der Waals surface area contributed by atoms with Gasteiger partial charge in [-0.25, -0.2) is 0 Å². The van der Waals surface area contributed by atoms with Gasteiger partial charge in [0.1, 0.15) is 0 Å². The molecule has 1 aromatic rings. The van der Waals surface area contributed by atoms with Crippen LogP contribution in [0.15, 0.2) is 12.1 Å². The third kappa shape index (κ3) is 2.28. The molecule has 0 radical (unpaired) electrons. The second-order valence-electron chi connectivity index (χ2n) is 2.65. The lowest BCUT2D eigenvalue weighted by Gasteiger charge is -2.17. The van der Waals surface area contributed by atoms with Gasteiger partial charge in [0, 0.05) is 5.02 Å². The summed E-state index contributed by atoms with van der Waals surface area (Å²) in [6, 6.07) is 2.40. The van der Waals surface area contributed by atoms with E-state index >= 15 is 0 Å². The summed E-state index contributed by atoms with van der Waals surface area (Å²) < 4.78 is 26.4. The number of nitrogens with two attached hydrogens (primary N) is 1. The summed E-state index contributed by atoms with van der Waals surface area (Å²) in [4.78, 5) is 0. The number of rotatable bonds is 2. The van der Waals surface area contributed by atoms with Gasteiger partial charge in [-0.05, 0) is 12.1 Å². The molecule has 1 nitrogen and oxygen atoms in total. The molecule has 0 unspecified atom stereocenters. The van der Waals surface area contributed by atoms with Crippen LogP contribution >= 0.6 is 34.8 Å². The average molecular weight is 260 g/mol. The van der Waals surface area contributed by atoms with Crippen LogP contribution < -0.4 is 5.73 Å². The predicted octanol–water partition coefficient (Wildman–Crippen LogP) is 3.70. The van der Waals surface area contributed by atoms with Crippen LogP contribution in [-0.4, -0.2) is 6.54 Å². The molecule has 0 fully saturated rings. The molecule has 1 rings (SSSR count). The van der Waals surface area contributed by atoms with E-state index in [9.17, 15) is 8.78 Å². The highest BCUT2D eigenvalue weighted by Gasteiger charge is 2.34. The van der Waals surface area contributed by atoms with E-state index in [0.717, 1.165) is 0 Å². The Bertz CT molecular complexity index is 331. The van der Waals surface area contributed by atoms with Crippen LogP contribution in [0.5, 0.6) is 0 Å². The zero-order chi connectivity index (χ0) is 10.9. The van der Waals surface area contributed by atoms with Gasteiger partial charge in [0.15, 0.2) is 0 Å². The van der Waals surface area contributed by atoms with E-state index in [4.69, 9.17) is 40.5 Å². The average Bonchev–Trinajstić information content (AvgIpc) is 2.01. The van der Waals surface area contributed by atoms with Crippen molar-refractivity contribution in [1.29, 1.82) is 0 Å². The first-order valence-electron chi connectivity index (χ1n) is 3.61. The Kier molecular flexibility index (Phi) is 3.58. The molecule has 0 amide bonds. The van der Waals surface area contributed by atoms with E-state index < -0.39 is 18.0 Å². The van der Waals surface area contributed by atoms with Gasteiger partial charge in [-0.1, -0.05) is 34.8 Å². The molecule has 78 valence electrons. The van der Waals surface area contributed by atoms with Crippen LogP contribution in [0.1, 0.15) is 5.56 Å². The number of hydrogen-bond acceptors (Lipinski definition) is 1. The zero-order valence-corrected chi connectivity index (χ0v) is 9.10. The molecule has 1 aromatic carbocycles. The number of benzene rings is 1. The molecule has 0 aliphatic carbocycles. The van der Waals surface area contributed by atoms with Gasteiger partial charge in [0.25, 0.3) is 5.92 Å². The molecule has 0 heterocycles. The largest absolute Gasteiger partial charge is 0.325 e. The highest BCUT2D eigenvalue weighted by atomic mass is 35.5. The van der Waals surface area contributed by atoms with Gasteiger partial charge in [0.2, 0.25) is 0 Å². The van der Waals surface area contributed by atoms with E-state index in [-0.39, 0.29) is 15.1 Å². The summed E-state index contributed by atoms with van der Waals surface area (Å²) in [5, 5.41) is -0.160. The van der Waals surface area contributed by atoms with Crippen LogP contribution in [0, 0.1) is 0 Å². The van der Waals surface area contributed by atoms with Crippen molar-refractivity contribution >= 4 is 34.8 Å². The molecule has 0 atom stereocenters. The minimum absolute atomic E-state index is 0.182. The molecule has 0 bridgehead atoms. The van der Waals surface area contributed by atoms with Crippen molar-refractivity contribution in [1.82, 2.24) is 0 Å². The summed E-state index contributed by atoms with van der Waals surface area (Å²) in [6.45, 7) is -0.853. The van der Waals surface area contributed by atoms with Crippen molar-refractivity contribution in [2.24, 2.45) is 5.73 Å². The highest BCUT2D eigenvalue weighted by molar-refractivity contribution is 6.39. The second kappa shape index (κ2) is 4.19. The smallest absolute Gasteiger partial charge is 0.288 e. The van der Waals surface area contributed by atoms with E-state index in [1.165, 1.54) is 12.1 Å². The Hall–Kier alpha value is -0.0900. The van der Waals surface area contributed by atoms with E-state index in [1.807, 2.05) is 0 Å². The van der Waals surface area contributed by atoms with E-state index in [1.54, 1.807) is 0 Å². The summed E-state index contributed by atoms with van der Waals surface area (Å²) in [5.41, 5.74) is 4.43. The third-order valence-electron chi connectivity index (χ3n) is 1.63. The summed E-state index contributed by atoms with van der Waals surface area (Å²) in [6.07, 6.45) is 0. The maximum atomic E-state index is 13.2. The lowest BCUT2D eigenvalue weighted by atomic mass is 10.1. The van der Waals surface area contributed by atoms with Crippen molar-refractivity contribution in [3.05, 3.63) is 32.8 Å². The number of alkyl halides is 2. The van der Waals surface area contributed by atoms with Gasteiger partial charge in [-0.3, -0.25) is 0 Å². The summed E-state index contributed by atoms with van der Waals surface area (Å²) >= 11 is 16.8. The first-order chi connectivity index (χ1) is 6.38. The van der Waals surface area contributed by atoms with Crippen molar-refractivity contribution in [3.8, 4) is 0 Å². The minimum atomic E-state index is -3.24. The van der Waals surface area contributed by atoms with Gasteiger partial charge in [-0.15, -0.1) is 0 Å². The third-order valence-corrected chi connectivity index (χ3v) is 2.44. The molecule has 0 spiro atoms. The Balaban J connectivity index is 3.35. The van der Waals surface area contributed by atoms with Crippen molar-refractivity contribution in [3.63, 3.8) is 0 Å². The molecule has 6 heteroatoms. The predicted molar refractivity (Wildman–Crippen MR) is 54.4 cm³/mol.